The Bertz CT molecular complexity index is 1290. The zero-order valence-corrected chi connectivity index (χ0v) is 22.6. The number of ether oxygens (including phenoxy) is 3. The number of esters is 2. The molecule has 0 amide bonds. The summed E-state index contributed by atoms with van der Waals surface area (Å²) in [6.45, 7) is 7.72. The number of dihydropyridines is 1. The van der Waals surface area contributed by atoms with Crippen LogP contribution in [0.3, 0.4) is 0 Å². The van der Waals surface area contributed by atoms with Crippen LogP contribution in [0.4, 0.5) is 0 Å². The number of carbonyl (C=O) groups excluding carboxylic acids is 3. The van der Waals surface area contributed by atoms with Crippen molar-refractivity contribution in [3.05, 3.63) is 87.8 Å². The number of methoxy groups -OCH3 is 1. The van der Waals surface area contributed by atoms with Gasteiger partial charge >= 0.3 is 11.9 Å². The molecule has 7 nitrogen and oxygen atoms in total. The molecule has 0 radical (unpaired) electrons. The number of Topliss-reactive ketones (excluding diaryl/α,β-unsaturated/α-hetero) is 1. The molecule has 7 heteroatoms. The summed E-state index contributed by atoms with van der Waals surface area (Å²) in [5.74, 6) is -3.06. The van der Waals surface area contributed by atoms with Crippen molar-refractivity contribution in [2.45, 2.75) is 52.4 Å². The molecule has 38 heavy (non-hydrogen) atoms. The number of hydrogen-bond donors (Lipinski definition) is 1. The standard InChI is InChI=1S/C31H35NO6/c1-6-19-13-15-20(16-14-19)26-25(30(34)37-7-2)18(4)32-23-17-22(21-11-9-10-12-24(21)36-5)27(29(33)28(23)26)31(35)38-8-3/h9-16,22,26-27,32H,6-8,17H2,1-5H3/t22-,26-,27+/m1/s1. The van der Waals surface area contributed by atoms with Crippen LogP contribution in [0, 0.1) is 5.92 Å². The third kappa shape index (κ3) is 4.97. The largest absolute Gasteiger partial charge is 0.496 e. The Morgan fingerprint density at radius 2 is 1.66 bits per heavy atom. The summed E-state index contributed by atoms with van der Waals surface area (Å²) in [6, 6.07) is 15.3. The summed E-state index contributed by atoms with van der Waals surface area (Å²) < 4.78 is 16.4. The molecule has 0 bridgehead atoms. The van der Waals surface area contributed by atoms with Gasteiger partial charge in [0, 0.05) is 28.8 Å². The van der Waals surface area contributed by atoms with Gasteiger partial charge in [0.25, 0.3) is 0 Å². The highest BCUT2D eigenvalue weighted by atomic mass is 16.5. The monoisotopic (exact) mass is 517 g/mol. The molecule has 0 aromatic heterocycles. The summed E-state index contributed by atoms with van der Waals surface area (Å²) >= 11 is 0. The number of ketones is 1. The number of aryl methyl sites for hydroxylation is 1. The highest BCUT2D eigenvalue weighted by Gasteiger charge is 2.49. The van der Waals surface area contributed by atoms with E-state index < -0.39 is 29.7 Å². The fraction of sp³-hybridized carbons (Fsp3) is 0.387. The fourth-order valence-electron chi connectivity index (χ4n) is 5.56. The first-order valence-electron chi connectivity index (χ1n) is 13.2. The lowest BCUT2D eigenvalue weighted by atomic mass is 9.67. The Kier molecular flexibility index (Phi) is 8.35. The van der Waals surface area contributed by atoms with Crippen LogP contribution in [-0.2, 0) is 30.3 Å². The van der Waals surface area contributed by atoms with E-state index >= 15 is 0 Å². The minimum atomic E-state index is -1.08. The van der Waals surface area contributed by atoms with Crippen LogP contribution in [0.1, 0.15) is 62.6 Å². The highest BCUT2D eigenvalue weighted by Crippen LogP contribution is 2.49. The molecular formula is C31H35NO6. The van der Waals surface area contributed by atoms with Crippen molar-refractivity contribution >= 4 is 17.7 Å². The maximum atomic E-state index is 14.4. The quantitative estimate of drug-likeness (QED) is 0.390. The zero-order chi connectivity index (χ0) is 27.4. The molecule has 0 fully saturated rings. The number of nitrogens with one attached hydrogen (secondary N) is 1. The van der Waals surface area contributed by atoms with Gasteiger partial charge in [-0.3, -0.25) is 9.59 Å². The molecule has 2 aliphatic rings. The minimum Gasteiger partial charge on any atom is -0.496 e. The van der Waals surface area contributed by atoms with Gasteiger partial charge in [-0.15, -0.1) is 0 Å². The summed E-state index contributed by atoms with van der Waals surface area (Å²) in [6.07, 6.45) is 1.24. The summed E-state index contributed by atoms with van der Waals surface area (Å²) in [5.41, 5.74) is 4.82. The Labute approximate surface area is 223 Å². The lowest BCUT2D eigenvalue weighted by molar-refractivity contribution is -0.152. The van der Waals surface area contributed by atoms with E-state index in [1.54, 1.807) is 21.0 Å². The second-order valence-electron chi connectivity index (χ2n) is 9.45. The Morgan fingerprint density at radius 1 is 0.974 bits per heavy atom. The third-order valence-electron chi connectivity index (χ3n) is 7.31. The van der Waals surface area contributed by atoms with Crippen molar-refractivity contribution < 1.29 is 28.6 Å². The molecule has 2 aromatic rings. The second-order valence-corrected chi connectivity index (χ2v) is 9.45. The molecule has 0 unspecified atom stereocenters. The van der Waals surface area contributed by atoms with Gasteiger partial charge in [-0.25, -0.2) is 4.79 Å². The molecule has 3 atom stereocenters. The van der Waals surface area contributed by atoms with E-state index in [1.165, 1.54) is 0 Å². The van der Waals surface area contributed by atoms with Gasteiger partial charge in [-0.1, -0.05) is 49.4 Å². The zero-order valence-electron chi connectivity index (χ0n) is 22.6. The molecule has 1 aliphatic heterocycles. The van der Waals surface area contributed by atoms with Crippen molar-refractivity contribution in [2.75, 3.05) is 20.3 Å². The lowest BCUT2D eigenvalue weighted by Crippen LogP contribution is -2.43. The molecule has 0 saturated heterocycles. The van der Waals surface area contributed by atoms with Gasteiger partial charge in [-0.05, 0) is 56.4 Å². The first-order valence-corrected chi connectivity index (χ1v) is 13.2. The van der Waals surface area contributed by atoms with E-state index in [-0.39, 0.29) is 19.0 Å². The summed E-state index contributed by atoms with van der Waals surface area (Å²) in [7, 11) is 1.57. The minimum absolute atomic E-state index is 0.153. The van der Waals surface area contributed by atoms with Crippen molar-refractivity contribution in [1.82, 2.24) is 5.32 Å². The van der Waals surface area contributed by atoms with Crippen molar-refractivity contribution in [3.8, 4) is 5.75 Å². The highest BCUT2D eigenvalue weighted by molar-refractivity contribution is 6.13. The maximum Gasteiger partial charge on any atom is 0.336 e. The molecule has 1 aliphatic carbocycles. The van der Waals surface area contributed by atoms with Crippen LogP contribution in [0.5, 0.6) is 5.75 Å². The predicted molar refractivity (Wildman–Crippen MR) is 144 cm³/mol. The molecule has 2 aromatic carbocycles. The molecular weight excluding hydrogens is 482 g/mol. The van der Waals surface area contributed by atoms with Crippen molar-refractivity contribution in [2.24, 2.45) is 5.92 Å². The van der Waals surface area contributed by atoms with E-state index in [0.29, 0.717) is 34.7 Å². The van der Waals surface area contributed by atoms with E-state index in [9.17, 15) is 14.4 Å². The van der Waals surface area contributed by atoms with Crippen molar-refractivity contribution in [1.29, 1.82) is 0 Å². The summed E-state index contributed by atoms with van der Waals surface area (Å²) in [4.78, 5) is 41.0. The lowest BCUT2D eigenvalue weighted by Gasteiger charge is -2.39. The van der Waals surface area contributed by atoms with Crippen LogP contribution in [0.25, 0.3) is 0 Å². The first kappa shape index (κ1) is 27.2. The van der Waals surface area contributed by atoms with Crippen LogP contribution < -0.4 is 10.1 Å². The normalized spacial score (nSPS) is 21.0. The van der Waals surface area contributed by atoms with Gasteiger partial charge in [0.1, 0.15) is 11.7 Å². The fourth-order valence-corrected chi connectivity index (χ4v) is 5.56. The number of benzene rings is 2. The predicted octanol–water partition coefficient (Wildman–Crippen LogP) is 4.97. The maximum absolute atomic E-state index is 14.4. The second kappa shape index (κ2) is 11.7. The molecule has 200 valence electrons. The van der Waals surface area contributed by atoms with Gasteiger partial charge < -0.3 is 19.5 Å². The number of hydrogen-bond acceptors (Lipinski definition) is 7. The molecule has 0 saturated carbocycles. The molecule has 1 heterocycles. The number of allylic oxidation sites excluding steroid dienone is 3. The van der Waals surface area contributed by atoms with E-state index in [4.69, 9.17) is 14.2 Å². The van der Waals surface area contributed by atoms with E-state index in [1.807, 2.05) is 55.5 Å². The topological polar surface area (TPSA) is 90.9 Å². The van der Waals surface area contributed by atoms with Gasteiger partial charge in [0.15, 0.2) is 5.78 Å². The van der Waals surface area contributed by atoms with Gasteiger partial charge in [0.2, 0.25) is 0 Å². The number of carbonyl (C=O) groups is 3. The Morgan fingerprint density at radius 3 is 2.29 bits per heavy atom. The van der Waals surface area contributed by atoms with Crippen LogP contribution in [0.2, 0.25) is 0 Å². The Hall–Kier alpha value is -3.87. The van der Waals surface area contributed by atoms with Crippen LogP contribution in [0.15, 0.2) is 71.1 Å². The van der Waals surface area contributed by atoms with Gasteiger partial charge in [-0.2, -0.15) is 0 Å². The SMILES string of the molecule is CCOC(=O)C1=C(C)NC2=C(C(=O)[C@@H](C(=O)OCC)[C@@H](c3ccccc3OC)C2)[C@@H]1c1ccc(CC)cc1. The smallest absolute Gasteiger partial charge is 0.336 e. The third-order valence-corrected chi connectivity index (χ3v) is 7.31. The molecule has 0 spiro atoms. The number of para-hydroxylation sites is 1. The first-order chi connectivity index (χ1) is 18.4. The Balaban J connectivity index is 1.91. The number of rotatable bonds is 8. The van der Waals surface area contributed by atoms with E-state index in [2.05, 4.69) is 12.2 Å². The van der Waals surface area contributed by atoms with Crippen molar-refractivity contribution in [3.63, 3.8) is 0 Å². The molecule has 4 rings (SSSR count). The average molecular weight is 518 g/mol. The summed E-state index contributed by atoms with van der Waals surface area (Å²) in [5, 5.41) is 3.33. The van der Waals surface area contributed by atoms with Crippen LogP contribution >= 0.6 is 0 Å². The average Bonchev–Trinajstić information content (AvgIpc) is 2.92. The van der Waals surface area contributed by atoms with Crippen LogP contribution in [-0.4, -0.2) is 38.0 Å². The van der Waals surface area contributed by atoms with Gasteiger partial charge in [0.05, 0.1) is 25.9 Å². The molecule has 1 N–H and O–H groups in total. The van der Waals surface area contributed by atoms with E-state index in [0.717, 1.165) is 23.1 Å².